The van der Waals surface area contributed by atoms with Crippen LogP contribution in [0.3, 0.4) is 0 Å². The first-order chi connectivity index (χ1) is 25.7. The van der Waals surface area contributed by atoms with E-state index in [9.17, 15) is 5.26 Å². The second kappa shape index (κ2) is 12.2. The number of thiophene rings is 1. The molecule has 0 aliphatic carbocycles. The molecule has 3 aromatic heterocycles. The highest BCUT2D eigenvalue weighted by atomic mass is 32.1. The molecular formula is C47H28N4S. The minimum Gasteiger partial charge on any atom is -0.308 e. The Kier molecular flexibility index (Phi) is 7.02. The van der Waals surface area contributed by atoms with Gasteiger partial charge in [0.1, 0.15) is 6.07 Å². The molecule has 0 aliphatic rings. The maximum Gasteiger partial charge on any atom is 0.160 e. The van der Waals surface area contributed by atoms with Gasteiger partial charge in [-0.05, 0) is 60.2 Å². The summed E-state index contributed by atoms with van der Waals surface area (Å²) in [5, 5.41) is 15.4. The van der Waals surface area contributed by atoms with Gasteiger partial charge in [0.15, 0.2) is 5.82 Å². The number of nitrogens with zero attached hydrogens (tertiary/aromatic N) is 4. The van der Waals surface area contributed by atoms with Gasteiger partial charge in [-0.15, -0.1) is 11.3 Å². The van der Waals surface area contributed by atoms with Crippen molar-refractivity contribution >= 4 is 53.3 Å². The molecule has 0 aliphatic heterocycles. The first-order valence-electron chi connectivity index (χ1n) is 17.2. The summed E-state index contributed by atoms with van der Waals surface area (Å²) in [6, 6.07) is 61.3. The van der Waals surface area contributed by atoms with E-state index in [0.717, 1.165) is 66.7 Å². The number of nitriles is 1. The second-order valence-electron chi connectivity index (χ2n) is 12.9. The summed E-state index contributed by atoms with van der Waals surface area (Å²) in [5.41, 5.74) is 10.4. The fourth-order valence-corrected chi connectivity index (χ4v) is 8.51. The Morgan fingerprint density at radius 1 is 0.462 bits per heavy atom. The Morgan fingerprint density at radius 2 is 1.00 bits per heavy atom. The molecule has 0 unspecified atom stereocenters. The smallest absolute Gasteiger partial charge is 0.160 e. The van der Waals surface area contributed by atoms with Gasteiger partial charge in [-0.25, -0.2) is 9.97 Å². The van der Waals surface area contributed by atoms with E-state index in [1.807, 2.05) is 36.4 Å². The predicted molar refractivity (Wildman–Crippen MR) is 216 cm³/mol. The lowest BCUT2D eigenvalue weighted by molar-refractivity contribution is 1.17. The third-order valence-electron chi connectivity index (χ3n) is 9.88. The number of hydrogen-bond acceptors (Lipinski definition) is 4. The monoisotopic (exact) mass is 680 g/mol. The van der Waals surface area contributed by atoms with Gasteiger partial charge in [-0.2, -0.15) is 5.26 Å². The Hall–Kier alpha value is -6.87. The molecule has 7 aromatic carbocycles. The van der Waals surface area contributed by atoms with Crippen molar-refractivity contribution in [1.82, 2.24) is 14.5 Å². The van der Waals surface area contributed by atoms with Crippen molar-refractivity contribution in [2.24, 2.45) is 0 Å². The van der Waals surface area contributed by atoms with E-state index in [-0.39, 0.29) is 0 Å². The molecule has 52 heavy (non-hydrogen) atoms. The summed E-state index contributed by atoms with van der Waals surface area (Å²) in [4.78, 5) is 10.2. The van der Waals surface area contributed by atoms with E-state index < -0.39 is 0 Å². The first-order valence-corrected chi connectivity index (χ1v) is 18.0. The predicted octanol–water partition coefficient (Wildman–Crippen LogP) is 12.5. The van der Waals surface area contributed by atoms with Crippen molar-refractivity contribution in [3.8, 4) is 56.8 Å². The van der Waals surface area contributed by atoms with Crippen LogP contribution in [0, 0.1) is 11.3 Å². The van der Waals surface area contributed by atoms with Crippen LogP contribution < -0.4 is 0 Å². The lowest BCUT2D eigenvalue weighted by atomic mass is 9.97. The molecule has 0 spiro atoms. The maximum atomic E-state index is 10.7. The number of para-hydroxylation sites is 2. The molecular weight excluding hydrogens is 653 g/mol. The Morgan fingerprint density at radius 3 is 1.60 bits per heavy atom. The van der Waals surface area contributed by atoms with E-state index in [2.05, 4.69) is 144 Å². The zero-order valence-electron chi connectivity index (χ0n) is 27.9. The minimum atomic E-state index is 0.646. The molecule has 242 valence electrons. The highest BCUT2D eigenvalue weighted by Gasteiger charge is 2.19. The third kappa shape index (κ3) is 4.89. The molecule has 0 bridgehead atoms. The zero-order valence-corrected chi connectivity index (χ0v) is 28.7. The standard InChI is InChI=1S/C47H28N4S/c48-29-39-34(18-11-21-44(39)51-42-19-9-7-16-35(42)36-17-8-10-20-43(36)51)32-22-24-45-37(26-32)38-27-33(23-25-46(38)52-45)47-49-40(30-12-3-1-4-13-30)28-41(50-47)31-14-5-2-6-15-31/h1-28H. The van der Waals surface area contributed by atoms with Crippen LogP contribution in [0.4, 0.5) is 0 Å². The SMILES string of the molecule is N#Cc1c(-c2ccc3sc4ccc(-c5nc(-c6ccccc6)cc(-c6ccccc6)n5)cc4c3c2)cccc1-n1c2ccccc2c2ccccc21. The molecule has 5 heteroatoms. The van der Waals surface area contributed by atoms with Gasteiger partial charge in [0.05, 0.1) is 33.7 Å². The van der Waals surface area contributed by atoms with Crippen LogP contribution in [-0.4, -0.2) is 14.5 Å². The molecule has 0 saturated carbocycles. The quantitative estimate of drug-likeness (QED) is 0.182. The van der Waals surface area contributed by atoms with E-state index in [0.29, 0.717) is 11.4 Å². The lowest BCUT2D eigenvalue weighted by Gasteiger charge is -2.13. The van der Waals surface area contributed by atoms with Gasteiger partial charge in [-0.1, -0.05) is 115 Å². The molecule has 3 heterocycles. The Bertz CT molecular complexity index is 2910. The van der Waals surface area contributed by atoms with Crippen LogP contribution in [0.15, 0.2) is 170 Å². The van der Waals surface area contributed by atoms with E-state index in [1.165, 1.54) is 20.2 Å². The summed E-state index contributed by atoms with van der Waals surface area (Å²) < 4.78 is 4.61. The maximum absolute atomic E-state index is 10.7. The molecule has 0 fully saturated rings. The minimum absolute atomic E-state index is 0.646. The van der Waals surface area contributed by atoms with Crippen LogP contribution in [0.5, 0.6) is 0 Å². The second-order valence-corrected chi connectivity index (χ2v) is 14.0. The zero-order chi connectivity index (χ0) is 34.6. The molecule has 0 atom stereocenters. The molecule has 0 N–H and O–H groups in total. The molecule has 0 radical (unpaired) electrons. The van der Waals surface area contributed by atoms with Gasteiger partial charge >= 0.3 is 0 Å². The Balaban J connectivity index is 1.13. The van der Waals surface area contributed by atoms with Crippen LogP contribution in [0.1, 0.15) is 5.56 Å². The topological polar surface area (TPSA) is 54.5 Å². The first kappa shape index (κ1) is 30.0. The highest BCUT2D eigenvalue weighted by molar-refractivity contribution is 7.25. The molecule has 4 nitrogen and oxygen atoms in total. The van der Waals surface area contributed by atoms with Crippen molar-refractivity contribution < 1.29 is 0 Å². The number of aromatic nitrogens is 3. The van der Waals surface area contributed by atoms with E-state index in [1.54, 1.807) is 11.3 Å². The van der Waals surface area contributed by atoms with Crippen LogP contribution in [0.2, 0.25) is 0 Å². The number of benzene rings is 7. The van der Waals surface area contributed by atoms with Crippen LogP contribution in [-0.2, 0) is 0 Å². The van der Waals surface area contributed by atoms with Gasteiger partial charge in [0, 0.05) is 53.2 Å². The van der Waals surface area contributed by atoms with Gasteiger partial charge in [-0.3, -0.25) is 0 Å². The largest absolute Gasteiger partial charge is 0.308 e. The van der Waals surface area contributed by atoms with Crippen molar-refractivity contribution in [3.05, 3.63) is 175 Å². The number of hydrogen-bond donors (Lipinski definition) is 0. The summed E-state index contributed by atoms with van der Waals surface area (Å²) in [7, 11) is 0. The van der Waals surface area contributed by atoms with Gasteiger partial charge in [0.2, 0.25) is 0 Å². The third-order valence-corrected chi connectivity index (χ3v) is 11.0. The summed E-state index contributed by atoms with van der Waals surface area (Å²) in [5.74, 6) is 0.684. The number of rotatable bonds is 5. The average Bonchev–Trinajstić information content (AvgIpc) is 3.76. The summed E-state index contributed by atoms with van der Waals surface area (Å²) in [6.45, 7) is 0. The summed E-state index contributed by atoms with van der Waals surface area (Å²) >= 11 is 1.77. The van der Waals surface area contributed by atoms with Crippen molar-refractivity contribution in [3.63, 3.8) is 0 Å². The molecule has 10 aromatic rings. The summed E-state index contributed by atoms with van der Waals surface area (Å²) in [6.07, 6.45) is 0. The fraction of sp³-hybridized carbons (Fsp3) is 0. The van der Waals surface area contributed by atoms with Crippen molar-refractivity contribution in [1.29, 1.82) is 5.26 Å². The molecule has 10 rings (SSSR count). The van der Waals surface area contributed by atoms with Crippen LogP contribution >= 0.6 is 11.3 Å². The average molecular weight is 681 g/mol. The fourth-order valence-electron chi connectivity index (χ4n) is 7.44. The van der Waals surface area contributed by atoms with E-state index in [4.69, 9.17) is 9.97 Å². The molecule has 0 amide bonds. The van der Waals surface area contributed by atoms with Gasteiger partial charge in [0.25, 0.3) is 0 Å². The van der Waals surface area contributed by atoms with Crippen molar-refractivity contribution in [2.45, 2.75) is 0 Å². The highest BCUT2D eigenvalue weighted by Crippen LogP contribution is 2.41. The molecule has 0 saturated heterocycles. The van der Waals surface area contributed by atoms with E-state index >= 15 is 0 Å². The lowest BCUT2D eigenvalue weighted by Crippen LogP contribution is -1.99. The van der Waals surface area contributed by atoms with Gasteiger partial charge < -0.3 is 4.57 Å². The van der Waals surface area contributed by atoms with Crippen molar-refractivity contribution in [2.75, 3.05) is 0 Å². The number of fused-ring (bicyclic) bond motifs is 6. The Labute approximate surface area is 304 Å². The normalized spacial score (nSPS) is 11.4. The van der Waals surface area contributed by atoms with Crippen LogP contribution in [0.25, 0.3) is 92.7 Å².